The largest absolute Gasteiger partial charge is 0.462 e. The van der Waals surface area contributed by atoms with Crippen LogP contribution in [0.3, 0.4) is 0 Å². The van der Waals surface area contributed by atoms with Crippen LogP contribution >= 0.6 is 0 Å². The van der Waals surface area contributed by atoms with Crippen LogP contribution in [0.5, 0.6) is 0 Å². The zero-order valence-electron chi connectivity index (χ0n) is 46.7. The predicted molar refractivity (Wildman–Crippen MR) is 293 cm³/mol. The smallest absolute Gasteiger partial charge is 0.306 e. The lowest BCUT2D eigenvalue weighted by Gasteiger charge is -2.18. The van der Waals surface area contributed by atoms with Crippen LogP contribution in [0.2, 0.25) is 0 Å². The van der Waals surface area contributed by atoms with E-state index in [0.29, 0.717) is 19.3 Å². The maximum atomic E-state index is 12.8. The van der Waals surface area contributed by atoms with E-state index >= 15 is 0 Å². The maximum Gasteiger partial charge on any atom is 0.306 e. The summed E-state index contributed by atoms with van der Waals surface area (Å²) >= 11 is 0. The van der Waals surface area contributed by atoms with E-state index in [1.165, 1.54) is 238 Å². The Morgan fingerprint density at radius 3 is 0.838 bits per heavy atom. The third-order valence-electron chi connectivity index (χ3n) is 14.6. The van der Waals surface area contributed by atoms with Gasteiger partial charge in [0, 0.05) is 19.3 Å². The molecule has 0 aromatic heterocycles. The Labute approximate surface area is 425 Å². The van der Waals surface area contributed by atoms with E-state index < -0.39 is 6.10 Å². The normalized spacial score (nSPS) is 12.4. The van der Waals surface area contributed by atoms with Crippen molar-refractivity contribution in [3.8, 4) is 0 Å². The summed E-state index contributed by atoms with van der Waals surface area (Å²) in [6.07, 6.45) is 59.5. The van der Waals surface area contributed by atoms with E-state index in [-0.39, 0.29) is 31.1 Å². The van der Waals surface area contributed by atoms with Crippen LogP contribution < -0.4 is 0 Å². The summed E-state index contributed by atoms with van der Waals surface area (Å²) < 4.78 is 16.9. The van der Waals surface area contributed by atoms with Crippen LogP contribution in [-0.4, -0.2) is 37.2 Å². The van der Waals surface area contributed by atoms with Crippen LogP contribution in [0.15, 0.2) is 0 Å². The first-order valence-electron chi connectivity index (χ1n) is 30.8. The number of carbonyl (C=O) groups is 3. The fourth-order valence-corrected chi connectivity index (χ4v) is 9.55. The zero-order chi connectivity index (χ0) is 49.6. The van der Waals surface area contributed by atoms with Gasteiger partial charge < -0.3 is 14.2 Å². The third-order valence-corrected chi connectivity index (χ3v) is 14.6. The molecule has 0 bridgehead atoms. The summed E-state index contributed by atoms with van der Waals surface area (Å²) in [5.41, 5.74) is 0. The second-order valence-corrected chi connectivity index (χ2v) is 22.1. The standard InChI is InChI=1S/C62H120O6/c1-6-8-9-10-11-12-25-34-39-44-49-54-62(65)68-59(56-67-61(64)53-48-43-38-33-29-24-20-19-21-26-30-35-40-45-50-57(3)4)55-66-60(63)52-47-42-37-32-28-23-18-16-14-13-15-17-22-27-31-36-41-46-51-58(5)7-2/h57-59H,6-56H2,1-5H3/t58?,59-/m0/s1. The topological polar surface area (TPSA) is 78.9 Å². The fourth-order valence-electron chi connectivity index (χ4n) is 9.55. The Bertz CT molecular complexity index is 1040. The lowest BCUT2D eigenvalue weighted by atomic mass is 9.99. The molecule has 1 unspecified atom stereocenters. The SMILES string of the molecule is CCCCCCCCCCCCCC(=O)O[C@@H](COC(=O)CCCCCCCCCCCCCCCCCCCCC(C)CC)COC(=O)CCCCCCCCCCCCCCCCC(C)C. The summed E-state index contributed by atoms with van der Waals surface area (Å²) in [6, 6.07) is 0. The Hall–Kier alpha value is -1.59. The average molecular weight is 962 g/mol. The number of carbonyl (C=O) groups excluding carboxylic acids is 3. The van der Waals surface area contributed by atoms with Crippen molar-refractivity contribution in [1.82, 2.24) is 0 Å². The second-order valence-electron chi connectivity index (χ2n) is 22.1. The van der Waals surface area contributed by atoms with E-state index in [1.807, 2.05) is 0 Å². The molecular weight excluding hydrogens is 841 g/mol. The summed E-state index contributed by atoms with van der Waals surface area (Å²) in [4.78, 5) is 38.2. The molecule has 0 aromatic carbocycles. The molecule has 6 heteroatoms. The quantitative estimate of drug-likeness (QED) is 0.0343. The van der Waals surface area contributed by atoms with Crippen molar-refractivity contribution in [3.05, 3.63) is 0 Å². The van der Waals surface area contributed by atoms with Gasteiger partial charge in [0.05, 0.1) is 0 Å². The van der Waals surface area contributed by atoms with Gasteiger partial charge in [-0.05, 0) is 31.1 Å². The highest BCUT2D eigenvalue weighted by Crippen LogP contribution is 2.19. The first-order chi connectivity index (χ1) is 33.3. The molecule has 0 aliphatic rings. The maximum absolute atomic E-state index is 12.8. The number of unbranched alkanes of at least 4 members (excludes halogenated alkanes) is 40. The molecule has 0 amide bonds. The van der Waals surface area contributed by atoms with Gasteiger partial charge in [0.25, 0.3) is 0 Å². The Morgan fingerprint density at radius 2 is 0.559 bits per heavy atom. The third kappa shape index (κ3) is 53.8. The highest BCUT2D eigenvalue weighted by Gasteiger charge is 2.19. The van der Waals surface area contributed by atoms with E-state index in [2.05, 4.69) is 34.6 Å². The van der Waals surface area contributed by atoms with Gasteiger partial charge in [-0.15, -0.1) is 0 Å². The van der Waals surface area contributed by atoms with Crippen LogP contribution in [0.4, 0.5) is 0 Å². The highest BCUT2D eigenvalue weighted by molar-refractivity contribution is 5.71. The Balaban J connectivity index is 4.19. The molecule has 0 spiro atoms. The molecule has 0 aromatic rings. The van der Waals surface area contributed by atoms with Gasteiger partial charge in [0.15, 0.2) is 6.10 Å². The zero-order valence-corrected chi connectivity index (χ0v) is 46.7. The number of esters is 3. The molecule has 2 atom stereocenters. The summed E-state index contributed by atoms with van der Waals surface area (Å²) in [5.74, 6) is 0.919. The molecule has 0 heterocycles. The van der Waals surface area contributed by atoms with Crippen molar-refractivity contribution in [1.29, 1.82) is 0 Å². The molecule has 0 rings (SSSR count). The van der Waals surface area contributed by atoms with Crippen molar-refractivity contribution in [2.75, 3.05) is 13.2 Å². The lowest BCUT2D eigenvalue weighted by molar-refractivity contribution is -0.167. The molecule has 0 N–H and O–H groups in total. The van der Waals surface area contributed by atoms with Crippen LogP contribution in [0, 0.1) is 11.8 Å². The van der Waals surface area contributed by atoms with E-state index in [1.54, 1.807) is 0 Å². The van der Waals surface area contributed by atoms with Gasteiger partial charge in [-0.25, -0.2) is 0 Å². The minimum Gasteiger partial charge on any atom is -0.462 e. The number of hydrogen-bond donors (Lipinski definition) is 0. The van der Waals surface area contributed by atoms with Crippen molar-refractivity contribution < 1.29 is 28.6 Å². The van der Waals surface area contributed by atoms with Crippen molar-refractivity contribution >= 4 is 17.9 Å². The predicted octanol–water partition coefficient (Wildman–Crippen LogP) is 20.4. The molecule has 404 valence electrons. The average Bonchev–Trinajstić information content (AvgIpc) is 3.32. The molecule has 0 aliphatic carbocycles. The molecular formula is C62H120O6. The van der Waals surface area contributed by atoms with Crippen molar-refractivity contribution in [2.24, 2.45) is 11.8 Å². The second kappa shape index (κ2) is 54.7. The first-order valence-corrected chi connectivity index (χ1v) is 30.8. The Morgan fingerprint density at radius 1 is 0.309 bits per heavy atom. The lowest BCUT2D eigenvalue weighted by Crippen LogP contribution is -2.30. The summed E-state index contributed by atoms with van der Waals surface area (Å²) in [6.45, 7) is 11.5. The number of hydrogen-bond acceptors (Lipinski definition) is 6. The number of rotatable bonds is 56. The molecule has 0 aliphatic heterocycles. The van der Waals surface area contributed by atoms with Gasteiger partial charge in [-0.2, -0.15) is 0 Å². The summed E-state index contributed by atoms with van der Waals surface area (Å²) in [5, 5.41) is 0. The molecule has 6 nitrogen and oxygen atoms in total. The van der Waals surface area contributed by atoms with Gasteiger partial charge in [-0.3, -0.25) is 14.4 Å². The minimum atomic E-state index is -0.762. The van der Waals surface area contributed by atoms with Crippen molar-refractivity contribution in [2.45, 2.75) is 355 Å². The van der Waals surface area contributed by atoms with Crippen molar-refractivity contribution in [3.63, 3.8) is 0 Å². The molecule has 0 saturated carbocycles. The van der Waals surface area contributed by atoms with Crippen LogP contribution in [0.25, 0.3) is 0 Å². The monoisotopic (exact) mass is 961 g/mol. The molecule has 0 saturated heterocycles. The van der Waals surface area contributed by atoms with Gasteiger partial charge in [0.1, 0.15) is 13.2 Å². The van der Waals surface area contributed by atoms with Crippen LogP contribution in [0.1, 0.15) is 349 Å². The molecule has 0 radical (unpaired) electrons. The number of ether oxygens (including phenoxy) is 3. The molecule has 0 fully saturated rings. The minimum absolute atomic E-state index is 0.0622. The van der Waals surface area contributed by atoms with E-state index in [9.17, 15) is 14.4 Å². The fraction of sp³-hybridized carbons (Fsp3) is 0.952. The van der Waals surface area contributed by atoms with Gasteiger partial charge in [-0.1, -0.05) is 311 Å². The van der Waals surface area contributed by atoms with E-state index in [4.69, 9.17) is 14.2 Å². The summed E-state index contributed by atoms with van der Waals surface area (Å²) in [7, 11) is 0. The van der Waals surface area contributed by atoms with Gasteiger partial charge >= 0.3 is 17.9 Å². The highest BCUT2D eigenvalue weighted by atomic mass is 16.6. The molecule has 68 heavy (non-hydrogen) atoms. The van der Waals surface area contributed by atoms with E-state index in [0.717, 1.165) is 69.6 Å². The Kier molecular flexibility index (Phi) is 53.5. The van der Waals surface area contributed by atoms with Gasteiger partial charge in [0.2, 0.25) is 0 Å². The first kappa shape index (κ1) is 66.4. The van der Waals surface area contributed by atoms with Crippen LogP contribution in [-0.2, 0) is 28.6 Å².